The van der Waals surface area contributed by atoms with Gasteiger partial charge in [-0.1, -0.05) is 105 Å². The van der Waals surface area contributed by atoms with Crippen LogP contribution in [0.3, 0.4) is 0 Å². The largest absolute Gasteiger partial charge is 0.456 e. The smallest absolute Gasteiger partial charge is 0.160 e. The lowest BCUT2D eigenvalue weighted by atomic mass is 9.81. The van der Waals surface area contributed by atoms with Crippen LogP contribution in [0.15, 0.2) is 126 Å². The Hall–Kier alpha value is -5.02. The summed E-state index contributed by atoms with van der Waals surface area (Å²) in [4.78, 5) is 10.0. The predicted octanol–water partition coefficient (Wildman–Crippen LogP) is 9.68. The van der Waals surface area contributed by atoms with Gasteiger partial charge < -0.3 is 4.42 Å². The average molecular weight is 515 g/mol. The van der Waals surface area contributed by atoms with Gasteiger partial charge in [0.05, 0.1) is 11.4 Å². The van der Waals surface area contributed by atoms with Gasteiger partial charge in [-0.15, -0.1) is 0 Å². The topological polar surface area (TPSA) is 38.9 Å². The molecule has 1 aliphatic rings. The SMILES string of the molecule is CC1(C)c2cc(-c3cc(-c4ccccc4)nc(-c4ccccc4)n3)ccc2-c2cc3c(cc21)oc1ccccc13. The Morgan fingerprint density at radius 2 is 1.15 bits per heavy atom. The molecule has 0 saturated heterocycles. The number of rotatable bonds is 3. The Balaban J connectivity index is 1.31. The van der Waals surface area contributed by atoms with Gasteiger partial charge in [0, 0.05) is 32.9 Å². The number of nitrogens with zero attached hydrogens (tertiary/aromatic N) is 2. The van der Waals surface area contributed by atoms with Crippen LogP contribution in [0.5, 0.6) is 0 Å². The number of para-hydroxylation sites is 1. The van der Waals surface area contributed by atoms with E-state index < -0.39 is 0 Å². The van der Waals surface area contributed by atoms with Gasteiger partial charge in [0.1, 0.15) is 11.2 Å². The lowest BCUT2D eigenvalue weighted by Crippen LogP contribution is -2.15. The van der Waals surface area contributed by atoms with E-state index in [9.17, 15) is 0 Å². The molecule has 1 aliphatic carbocycles. The van der Waals surface area contributed by atoms with Crippen molar-refractivity contribution in [1.82, 2.24) is 9.97 Å². The number of hydrogen-bond donors (Lipinski definition) is 0. The first-order valence-corrected chi connectivity index (χ1v) is 13.7. The highest BCUT2D eigenvalue weighted by Crippen LogP contribution is 2.51. The molecule has 3 heteroatoms. The summed E-state index contributed by atoms with van der Waals surface area (Å²) >= 11 is 0. The Morgan fingerprint density at radius 1 is 0.500 bits per heavy atom. The van der Waals surface area contributed by atoms with E-state index in [1.54, 1.807) is 0 Å². The quantitative estimate of drug-likeness (QED) is 0.236. The Kier molecular flexibility index (Phi) is 4.86. The second-order valence-electron chi connectivity index (χ2n) is 11.1. The molecular formula is C37H26N2O. The van der Waals surface area contributed by atoms with Crippen molar-refractivity contribution in [3.63, 3.8) is 0 Å². The molecule has 40 heavy (non-hydrogen) atoms. The third-order valence-electron chi connectivity index (χ3n) is 8.30. The molecule has 0 unspecified atom stereocenters. The summed E-state index contributed by atoms with van der Waals surface area (Å²) in [5, 5.41) is 2.32. The minimum Gasteiger partial charge on any atom is -0.456 e. The van der Waals surface area contributed by atoms with E-state index in [1.807, 2.05) is 48.5 Å². The molecule has 0 spiro atoms. The van der Waals surface area contributed by atoms with Crippen molar-refractivity contribution in [2.24, 2.45) is 0 Å². The molecule has 0 fully saturated rings. The van der Waals surface area contributed by atoms with Crippen molar-refractivity contribution in [1.29, 1.82) is 0 Å². The van der Waals surface area contributed by atoms with E-state index in [1.165, 1.54) is 22.3 Å². The summed E-state index contributed by atoms with van der Waals surface area (Å²) in [7, 11) is 0. The van der Waals surface area contributed by atoms with Gasteiger partial charge in [-0.2, -0.15) is 0 Å². The first-order chi connectivity index (χ1) is 19.6. The number of aromatic nitrogens is 2. The summed E-state index contributed by atoms with van der Waals surface area (Å²) in [6.45, 7) is 4.61. The van der Waals surface area contributed by atoms with E-state index in [0.29, 0.717) is 0 Å². The van der Waals surface area contributed by atoms with E-state index in [2.05, 4.69) is 86.6 Å². The summed E-state index contributed by atoms with van der Waals surface area (Å²) in [6.07, 6.45) is 0. The Bertz CT molecular complexity index is 2010. The number of benzene rings is 5. The van der Waals surface area contributed by atoms with Crippen molar-refractivity contribution in [2.45, 2.75) is 19.3 Å². The number of hydrogen-bond acceptors (Lipinski definition) is 3. The summed E-state index contributed by atoms with van der Waals surface area (Å²) in [6, 6.07) is 42.3. The van der Waals surface area contributed by atoms with Crippen LogP contribution in [0.25, 0.3) is 67.0 Å². The zero-order chi connectivity index (χ0) is 26.8. The van der Waals surface area contributed by atoms with Gasteiger partial charge in [0.15, 0.2) is 5.82 Å². The first kappa shape index (κ1) is 22.9. The molecular weight excluding hydrogens is 488 g/mol. The van der Waals surface area contributed by atoms with Crippen LogP contribution in [0, 0.1) is 0 Å². The minimum absolute atomic E-state index is 0.175. The molecule has 0 amide bonds. The van der Waals surface area contributed by atoms with Gasteiger partial charge >= 0.3 is 0 Å². The van der Waals surface area contributed by atoms with E-state index >= 15 is 0 Å². The lowest BCUT2D eigenvalue weighted by Gasteiger charge is -2.22. The van der Waals surface area contributed by atoms with Crippen molar-refractivity contribution < 1.29 is 4.42 Å². The molecule has 0 atom stereocenters. The molecule has 0 aliphatic heterocycles. The molecule has 8 rings (SSSR count). The van der Waals surface area contributed by atoms with Crippen molar-refractivity contribution >= 4 is 21.9 Å². The molecule has 5 aromatic carbocycles. The fraction of sp³-hybridized carbons (Fsp3) is 0.0811. The second kappa shape index (κ2) is 8.49. The molecule has 2 aromatic heterocycles. The Labute approximate surface area is 232 Å². The number of furan rings is 1. The van der Waals surface area contributed by atoms with Gasteiger partial charge in [-0.25, -0.2) is 9.97 Å². The molecule has 0 radical (unpaired) electrons. The third-order valence-corrected chi connectivity index (χ3v) is 8.30. The molecule has 0 N–H and O–H groups in total. The van der Waals surface area contributed by atoms with Crippen molar-refractivity contribution in [2.75, 3.05) is 0 Å². The first-order valence-electron chi connectivity index (χ1n) is 13.7. The zero-order valence-corrected chi connectivity index (χ0v) is 22.3. The van der Waals surface area contributed by atoms with Crippen molar-refractivity contribution in [3.05, 3.63) is 132 Å². The van der Waals surface area contributed by atoms with Crippen LogP contribution in [-0.2, 0) is 5.41 Å². The highest BCUT2D eigenvalue weighted by molar-refractivity contribution is 6.07. The number of fused-ring (bicyclic) bond motifs is 6. The minimum atomic E-state index is -0.175. The maximum absolute atomic E-state index is 6.26. The van der Waals surface area contributed by atoms with E-state index in [0.717, 1.165) is 55.8 Å². The molecule has 3 nitrogen and oxygen atoms in total. The standard InChI is InChI=1S/C37H26N2O/c1-37(2)30-19-25(17-18-26(30)28-20-29-27-15-9-10-16-34(27)40-35(29)21-31(28)37)33-22-32(23-11-5-3-6-12-23)38-36(39-33)24-13-7-4-8-14-24/h3-22H,1-2H3. The van der Waals surface area contributed by atoms with Crippen LogP contribution in [0.2, 0.25) is 0 Å². The van der Waals surface area contributed by atoms with Gasteiger partial charge in [-0.3, -0.25) is 0 Å². The predicted molar refractivity (Wildman–Crippen MR) is 163 cm³/mol. The summed E-state index contributed by atoms with van der Waals surface area (Å²) in [5.41, 5.74) is 11.9. The van der Waals surface area contributed by atoms with Crippen LogP contribution in [0.4, 0.5) is 0 Å². The molecule has 0 saturated carbocycles. The van der Waals surface area contributed by atoms with Gasteiger partial charge in [0.2, 0.25) is 0 Å². The normalized spacial score (nSPS) is 13.4. The fourth-order valence-corrected chi connectivity index (χ4v) is 6.18. The molecule has 0 bridgehead atoms. The molecule has 7 aromatic rings. The molecule has 2 heterocycles. The highest BCUT2D eigenvalue weighted by atomic mass is 16.3. The lowest BCUT2D eigenvalue weighted by molar-refractivity contribution is 0.647. The average Bonchev–Trinajstić information content (AvgIpc) is 3.48. The van der Waals surface area contributed by atoms with Gasteiger partial charge in [0.25, 0.3) is 0 Å². The maximum Gasteiger partial charge on any atom is 0.160 e. The highest BCUT2D eigenvalue weighted by Gasteiger charge is 2.36. The summed E-state index contributed by atoms with van der Waals surface area (Å²) in [5.74, 6) is 0.729. The van der Waals surface area contributed by atoms with Crippen LogP contribution in [0.1, 0.15) is 25.0 Å². The van der Waals surface area contributed by atoms with E-state index in [-0.39, 0.29) is 5.41 Å². The van der Waals surface area contributed by atoms with Crippen LogP contribution >= 0.6 is 0 Å². The zero-order valence-electron chi connectivity index (χ0n) is 22.3. The van der Waals surface area contributed by atoms with Gasteiger partial charge in [-0.05, 0) is 52.6 Å². The van der Waals surface area contributed by atoms with Crippen molar-refractivity contribution in [3.8, 4) is 45.0 Å². The fourth-order valence-electron chi connectivity index (χ4n) is 6.18. The van der Waals surface area contributed by atoms with E-state index in [4.69, 9.17) is 14.4 Å². The second-order valence-corrected chi connectivity index (χ2v) is 11.1. The Morgan fingerprint density at radius 3 is 1.93 bits per heavy atom. The summed E-state index contributed by atoms with van der Waals surface area (Å²) < 4.78 is 6.26. The van der Waals surface area contributed by atoms with Crippen LogP contribution in [-0.4, -0.2) is 9.97 Å². The third kappa shape index (κ3) is 3.44. The maximum atomic E-state index is 6.26. The van der Waals surface area contributed by atoms with Crippen LogP contribution < -0.4 is 0 Å². The molecule has 190 valence electrons. The monoisotopic (exact) mass is 514 g/mol.